The summed E-state index contributed by atoms with van der Waals surface area (Å²) in [6, 6.07) is 0. The van der Waals surface area contributed by atoms with E-state index in [0.717, 1.165) is 19.1 Å². The molecular formula is C6H13NaO. The summed E-state index contributed by atoms with van der Waals surface area (Å²) >= 11 is 0. The van der Waals surface area contributed by atoms with Crippen LogP contribution in [0.4, 0.5) is 0 Å². The van der Waals surface area contributed by atoms with E-state index in [1.165, 1.54) is 12.8 Å². The molecule has 0 saturated carbocycles. The molecule has 0 aliphatic rings. The van der Waals surface area contributed by atoms with E-state index in [1.54, 1.807) is 0 Å². The Kier molecular flexibility index (Phi) is 15.2. The molecule has 0 aromatic heterocycles. The van der Waals surface area contributed by atoms with E-state index < -0.39 is 0 Å². The van der Waals surface area contributed by atoms with E-state index in [0.29, 0.717) is 0 Å². The molecule has 0 atom stereocenters. The van der Waals surface area contributed by atoms with Gasteiger partial charge in [0.25, 0.3) is 0 Å². The van der Waals surface area contributed by atoms with Gasteiger partial charge in [-0.2, -0.15) is 0 Å². The second-order valence-corrected chi connectivity index (χ2v) is 1.66. The van der Waals surface area contributed by atoms with Crippen molar-refractivity contribution in [2.75, 3.05) is 0 Å². The third kappa shape index (κ3) is 9.83. The summed E-state index contributed by atoms with van der Waals surface area (Å²) in [6.45, 7) is 2.13. The van der Waals surface area contributed by atoms with Crippen molar-refractivity contribution in [2.24, 2.45) is 0 Å². The summed E-state index contributed by atoms with van der Waals surface area (Å²) in [4.78, 5) is 9.68. The number of hydrogen-bond donors (Lipinski definition) is 0. The van der Waals surface area contributed by atoms with E-state index in [2.05, 4.69) is 6.92 Å². The van der Waals surface area contributed by atoms with Crippen LogP contribution in [0.15, 0.2) is 0 Å². The predicted molar refractivity (Wildman–Crippen MR) is 37.4 cm³/mol. The first-order valence-electron chi connectivity index (χ1n) is 2.85. The van der Waals surface area contributed by atoms with Crippen molar-refractivity contribution in [2.45, 2.75) is 32.6 Å². The topological polar surface area (TPSA) is 17.1 Å². The number of aldehydes is 1. The average molecular weight is 124 g/mol. The first kappa shape index (κ1) is 11.5. The predicted octanol–water partition coefficient (Wildman–Crippen LogP) is 1.12. The van der Waals surface area contributed by atoms with E-state index in [-0.39, 0.29) is 29.6 Å². The number of hydrogen-bond acceptors (Lipinski definition) is 1. The van der Waals surface area contributed by atoms with Gasteiger partial charge in [0.05, 0.1) is 0 Å². The Morgan fingerprint density at radius 1 is 1.38 bits per heavy atom. The minimum atomic E-state index is 0. The van der Waals surface area contributed by atoms with E-state index in [4.69, 9.17) is 0 Å². The number of carbonyl (C=O) groups excluding carboxylic acids is 1. The molecule has 0 rings (SSSR count). The molecule has 1 nitrogen and oxygen atoms in total. The van der Waals surface area contributed by atoms with Crippen molar-refractivity contribution in [3.8, 4) is 0 Å². The van der Waals surface area contributed by atoms with Gasteiger partial charge in [0.1, 0.15) is 6.29 Å². The average Bonchev–Trinajstić information content (AvgIpc) is 1.69. The Labute approximate surface area is 73.1 Å². The molecule has 0 N–H and O–H groups in total. The van der Waals surface area contributed by atoms with Crippen LogP contribution in [0.5, 0.6) is 0 Å². The van der Waals surface area contributed by atoms with Gasteiger partial charge in [0.15, 0.2) is 0 Å². The van der Waals surface area contributed by atoms with Crippen molar-refractivity contribution < 1.29 is 4.79 Å². The maximum atomic E-state index is 9.68. The third-order valence-electron chi connectivity index (χ3n) is 0.926. The monoisotopic (exact) mass is 124 g/mol. The summed E-state index contributed by atoms with van der Waals surface area (Å²) in [5.74, 6) is 0. The Bertz CT molecular complexity index is 45.8. The zero-order chi connectivity index (χ0) is 5.54. The van der Waals surface area contributed by atoms with Gasteiger partial charge in [-0.25, -0.2) is 0 Å². The van der Waals surface area contributed by atoms with Gasteiger partial charge >= 0.3 is 29.6 Å². The van der Waals surface area contributed by atoms with Crippen molar-refractivity contribution in [3.05, 3.63) is 0 Å². The van der Waals surface area contributed by atoms with Crippen molar-refractivity contribution in [1.29, 1.82) is 0 Å². The quantitative estimate of drug-likeness (QED) is 0.312. The Hall–Kier alpha value is 0.670. The Morgan fingerprint density at radius 3 is 2.38 bits per heavy atom. The van der Waals surface area contributed by atoms with Crippen LogP contribution in [-0.4, -0.2) is 35.8 Å². The minimum absolute atomic E-state index is 0. The molecule has 0 unspecified atom stereocenters. The van der Waals surface area contributed by atoms with Gasteiger partial charge in [-0.1, -0.05) is 19.8 Å². The van der Waals surface area contributed by atoms with E-state index in [1.807, 2.05) is 0 Å². The number of rotatable bonds is 4. The van der Waals surface area contributed by atoms with Crippen molar-refractivity contribution in [1.82, 2.24) is 0 Å². The standard InChI is InChI=1S/C6H12O.Na.H/c1-2-3-4-5-6-7;;/h6H,2-5H2,1H3;;. The van der Waals surface area contributed by atoms with Gasteiger partial charge in [0.2, 0.25) is 0 Å². The summed E-state index contributed by atoms with van der Waals surface area (Å²) in [5.41, 5.74) is 0. The summed E-state index contributed by atoms with van der Waals surface area (Å²) in [7, 11) is 0. The van der Waals surface area contributed by atoms with Gasteiger partial charge in [-0.15, -0.1) is 0 Å². The zero-order valence-corrected chi connectivity index (χ0v) is 4.81. The third-order valence-corrected chi connectivity index (χ3v) is 0.926. The SMILES string of the molecule is CCCCCC=O.[NaH]. The molecule has 0 bridgehead atoms. The first-order valence-corrected chi connectivity index (χ1v) is 2.85. The molecule has 8 heavy (non-hydrogen) atoms. The molecule has 0 aliphatic carbocycles. The molecule has 0 aliphatic heterocycles. The molecule has 0 heterocycles. The van der Waals surface area contributed by atoms with Crippen LogP contribution in [-0.2, 0) is 4.79 Å². The molecule has 44 valence electrons. The molecule has 0 radical (unpaired) electrons. The second-order valence-electron chi connectivity index (χ2n) is 1.66. The fraction of sp³-hybridized carbons (Fsp3) is 0.833. The van der Waals surface area contributed by atoms with Gasteiger partial charge in [-0.3, -0.25) is 0 Å². The van der Waals surface area contributed by atoms with Crippen LogP contribution in [0.1, 0.15) is 32.6 Å². The Morgan fingerprint density at radius 2 is 2.00 bits per heavy atom. The molecule has 0 fully saturated rings. The molecule has 0 aromatic carbocycles. The fourth-order valence-corrected chi connectivity index (χ4v) is 0.478. The molecule has 2 heteroatoms. The molecular weight excluding hydrogens is 111 g/mol. The number of carbonyl (C=O) groups is 1. The summed E-state index contributed by atoms with van der Waals surface area (Å²) < 4.78 is 0. The summed E-state index contributed by atoms with van der Waals surface area (Å²) in [6.07, 6.45) is 5.19. The fourth-order valence-electron chi connectivity index (χ4n) is 0.478. The van der Waals surface area contributed by atoms with Crippen LogP contribution in [0.2, 0.25) is 0 Å². The van der Waals surface area contributed by atoms with Crippen LogP contribution in [0, 0.1) is 0 Å². The van der Waals surface area contributed by atoms with Crippen molar-refractivity contribution in [3.63, 3.8) is 0 Å². The number of unbranched alkanes of at least 4 members (excludes halogenated alkanes) is 3. The normalized spacial score (nSPS) is 7.62. The van der Waals surface area contributed by atoms with Crippen LogP contribution in [0.3, 0.4) is 0 Å². The summed E-state index contributed by atoms with van der Waals surface area (Å²) in [5, 5.41) is 0. The molecule has 0 amide bonds. The van der Waals surface area contributed by atoms with Crippen molar-refractivity contribution >= 4 is 35.8 Å². The van der Waals surface area contributed by atoms with Gasteiger partial charge in [0, 0.05) is 6.42 Å². The maximum absolute atomic E-state index is 9.68. The zero-order valence-electron chi connectivity index (χ0n) is 4.81. The van der Waals surface area contributed by atoms with E-state index in [9.17, 15) is 4.79 Å². The van der Waals surface area contributed by atoms with Crippen LogP contribution < -0.4 is 0 Å². The first-order chi connectivity index (χ1) is 3.41. The molecule has 0 saturated heterocycles. The van der Waals surface area contributed by atoms with E-state index >= 15 is 0 Å². The van der Waals surface area contributed by atoms with Crippen LogP contribution in [0.25, 0.3) is 0 Å². The second kappa shape index (κ2) is 10.6. The van der Waals surface area contributed by atoms with Gasteiger partial charge < -0.3 is 4.79 Å². The molecule has 0 spiro atoms. The Balaban J connectivity index is 0. The van der Waals surface area contributed by atoms with Gasteiger partial charge in [-0.05, 0) is 6.42 Å². The van der Waals surface area contributed by atoms with Crippen LogP contribution >= 0.6 is 0 Å². The molecule has 0 aromatic rings.